The number of rotatable bonds is 15. The van der Waals surface area contributed by atoms with E-state index in [4.69, 9.17) is 5.73 Å². The van der Waals surface area contributed by atoms with E-state index >= 15 is 9.18 Å². The summed E-state index contributed by atoms with van der Waals surface area (Å²) in [5, 5.41) is 12.0. The van der Waals surface area contributed by atoms with Crippen LogP contribution in [0.25, 0.3) is 0 Å². The van der Waals surface area contributed by atoms with Crippen LogP contribution in [0.3, 0.4) is 0 Å². The lowest BCUT2D eigenvalue weighted by Crippen LogP contribution is -2.65. The minimum atomic E-state index is -3.42. The first kappa shape index (κ1) is 39.3. The SMILES string of the molecule is CCC[C@@](NC(=O)c1ccnn1C(C)C)(C(=O)Nc1cc(CN)c(C(C)C(=O)NC(F)C(F)F)cc1F)C(C1CCCCC1)C1CCCCC1. The molecule has 2 aliphatic carbocycles. The van der Waals surface area contributed by atoms with Crippen molar-refractivity contribution in [3.05, 3.63) is 47.0 Å². The minimum Gasteiger partial charge on any atom is -0.336 e. The Kier molecular flexibility index (Phi) is 13.9. The van der Waals surface area contributed by atoms with Gasteiger partial charge in [0, 0.05) is 18.8 Å². The van der Waals surface area contributed by atoms with Crippen molar-refractivity contribution in [1.29, 1.82) is 0 Å². The third kappa shape index (κ3) is 8.87. The third-order valence-corrected chi connectivity index (χ3v) is 10.7. The topological polar surface area (TPSA) is 131 Å². The molecule has 2 aliphatic rings. The highest BCUT2D eigenvalue weighted by molar-refractivity contribution is 6.03. The fraction of sp³-hybridized carbons (Fsp3) is 0.676. The number of anilines is 1. The molecular weight excluding hydrogens is 652 g/mol. The summed E-state index contributed by atoms with van der Waals surface area (Å²) in [5.41, 5.74) is 5.11. The summed E-state index contributed by atoms with van der Waals surface area (Å²) >= 11 is 0. The second-order valence-electron chi connectivity index (χ2n) is 14.4. The van der Waals surface area contributed by atoms with E-state index in [1.54, 1.807) is 22.3 Å². The normalized spacial score (nSPS) is 18.6. The van der Waals surface area contributed by atoms with Crippen molar-refractivity contribution in [1.82, 2.24) is 20.4 Å². The standard InChI is InChI=1S/C37H54F4N6O3/c1-5-17-37(46-35(49)30-16-18-43-47(30)22(2)3,31(24-12-8-6-9-13-24)25-14-10-7-11-15-25)36(50)44-29-19-26(21-42)27(20-28(29)38)23(4)34(48)45-33(41)32(39)40/h16,18-20,22-25,31-33H,5-15,17,21,42H2,1-4H3,(H,44,50)(H,45,48)(H,46,49)/t23?,33?,37-/m0/s1. The molecule has 0 bridgehead atoms. The second-order valence-corrected chi connectivity index (χ2v) is 14.4. The number of alkyl halides is 3. The van der Waals surface area contributed by atoms with Crippen LogP contribution in [0.4, 0.5) is 23.2 Å². The molecule has 1 heterocycles. The van der Waals surface area contributed by atoms with Crippen molar-refractivity contribution in [2.75, 3.05) is 5.32 Å². The molecule has 2 fully saturated rings. The molecule has 50 heavy (non-hydrogen) atoms. The lowest BCUT2D eigenvalue weighted by Gasteiger charge is -2.49. The average Bonchev–Trinajstić information content (AvgIpc) is 3.61. The summed E-state index contributed by atoms with van der Waals surface area (Å²) in [6.07, 6.45) is 6.28. The quantitative estimate of drug-likeness (QED) is 0.112. The highest BCUT2D eigenvalue weighted by Crippen LogP contribution is 2.47. The number of carbonyl (C=O) groups excluding carboxylic acids is 3. The van der Waals surface area contributed by atoms with Gasteiger partial charge in [-0.2, -0.15) is 5.10 Å². The Balaban J connectivity index is 1.79. The molecule has 3 atom stereocenters. The Morgan fingerprint density at radius 1 is 0.980 bits per heavy atom. The molecule has 2 aromatic rings. The van der Waals surface area contributed by atoms with Crippen LogP contribution in [0.2, 0.25) is 0 Å². The summed E-state index contributed by atoms with van der Waals surface area (Å²) < 4.78 is 56.7. The van der Waals surface area contributed by atoms with Gasteiger partial charge in [-0.1, -0.05) is 77.6 Å². The summed E-state index contributed by atoms with van der Waals surface area (Å²) in [7, 11) is 0. The van der Waals surface area contributed by atoms with Gasteiger partial charge in [-0.15, -0.1) is 0 Å². The number of nitrogens with zero attached hydrogens (tertiary/aromatic N) is 2. The van der Waals surface area contributed by atoms with E-state index in [0.717, 1.165) is 70.3 Å². The summed E-state index contributed by atoms with van der Waals surface area (Å²) in [6.45, 7) is 6.97. The van der Waals surface area contributed by atoms with Gasteiger partial charge in [0.1, 0.15) is 17.1 Å². The molecule has 2 unspecified atom stereocenters. The van der Waals surface area contributed by atoms with Gasteiger partial charge in [-0.25, -0.2) is 17.6 Å². The monoisotopic (exact) mass is 706 g/mol. The molecular formula is C37H54F4N6O3. The third-order valence-electron chi connectivity index (χ3n) is 10.7. The Labute approximate surface area is 292 Å². The smallest absolute Gasteiger partial charge is 0.287 e. The van der Waals surface area contributed by atoms with Crippen molar-refractivity contribution in [3.8, 4) is 0 Å². The number of halogens is 4. The maximum atomic E-state index is 16.0. The van der Waals surface area contributed by atoms with E-state index in [1.807, 2.05) is 20.8 Å². The average molecular weight is 707 g/mol. The molecule has 278 valence electrons. The predicted octanol–water partition coefficient (Wildman–Crippen LogP) is 7.53. The Hall–Kier alpha value is -3.48. The molecule has 13 heteroatoms. The van der Waals surface area contributed by atoms with E-state index in [9.17, 15) is 22.8 Å². The molecule has 1 aromatic carbocycles. The summed E-state index contributed by atoms with van der Waals surface area (Å²) in [6, 6.07) is 3.88. The van der Waals surface area contributed by atoms with Crippen LogP contribution in [-0.2, 0) is 16.1 Å². The molecule has 1 aromatic heterocycles. The Morgan fingerprint density at radius 2 is 1.58 bits per heavy atom. The lowest BCUT2D eigenvalue weighted by atomic mass is 9.60. The van der Waals surface area contributed by atoms with Crippen LogP contribution in [-0.4, -0.2) is 45.8 Å². The zero-order valence-electron chi connectivity index (χ0n) is 29.8. The highest BCUT2D eigenvalue weighted by Gasteiger charge is 2.52. The number of benzene rings is 1. The zero-order valence-corrected chi connectivity index (χ0v) is 29.8. The second kappa shape index (κ2) is 17.6. The van der Waals surface area contributed by atoms with Crippen molar-refractivity contribution >= 4 is 23.4 Å². The molecule has 5 N–H and O–H groups in total. The molecule has 2 saturated carbocycles. The predicted molar refractivity (Wildman–Crippen MR) is 185 cm³/mol. The molecule has 0 spiro atoms. The fourth-order valence-corrected chi connectivity index (χ4v) is 8.39. The van der Waals surface area contributed by atoms with Crippen molar-refractivity contribution < 1.29 is 31.9 Å². The van der Waals surface area contributed by atoms with Crippen LogP contribution < -0.4 is 21.7 Å². The minimum absolute atomic E-state index is 0.0827. The summed E-state index contributed by atoms with van der Waals surface area (Å²) in [5.74, 6) is -3.95. The Bertz CT molecular complexity index is 1440. The van der Waals surface area contributed by atoms with Gasteiger partial charge < -0.3 is 21.7 Å². The van der Waals surface area contributed by atoms with Crippen molar-refractivity contribution in [2.45, 2.75) is 142 Å². The highest BCUT2D eigenvalue weighted by atomic mass is 19.3. The number of amides is 3. The number of aromatic nitrogens is 2. The number of hydrogen-bond acceptors (Lipinski definition) is 5. The maximum absolute atomic E-state index is 16.0. The van der Waals surface area contributed by atoms with Crippen LogP contribution in [0.15, 0.2) is 24.4 Å². The number of carbonyl (C=O) groups is 3. The van der Waals surface area contributed by atoms with Crippen molar-refractivity contribution in [3.63, 3.8) is 0 Å². The van der Waals surface area contributed by atoms with Gasteiger partial charge in [0.25, 0.3) is 18.2 Å². The molecule has 4 rings (SSSR count). The maximum Gasteiger partial charge on any atom is 0.287 e. The van der Waals surface area contributed by atoms with E-state index in [1.165, 1.54) is 13.0 Å². The molecule has 0 radical (unpaired) electrons. The largest absolute Gasteiger partial charge is 0.336 e. The summed E-state index contributed by atoms with van der Waals surface area (Å²) in [4.78, 5) is 41.9. The zero-order chi connectivity index (χ0) is 36.6. The molecule has 0 aliphatic heterocycles. The lowest BCUT2D eigenvalue weighted by molar-refractivity contribution is -0.128. The molecule has 0 saturated heterocycles. The molecule has 9 nitrogen and oxygen atoms in total. The van der Waals surface area contributed by atoms with E-state index in [0.29, 0.717) is 18.5 Å². The first-order chi connectivity index (χ1) is 23.8. The van der Waals surface area contributed by atoms with Crippen molar-refractivity contribution in [2.24, 2.45) is 23.5 Å². The van der Waals surface area contributed by atoms with Gasteiger partial charge >= 0.3 is 0 Å². The van der Waals surface area contributed by atoms with Crippen LogP contribution in [0, 0.1) is 23.6 Å². The van der Waals surface area contributed by atoms with E-state index in [2.05, 4.69) is 15.7 Å². The fourth-order valence-electron chi connectivity index (χ4n) is 8.39. The van der Waals surface area contributed by atoms with E-state index < -0.39 is 47.7 Å². The van der Waals surface area contributed by atoms with Gasteiger partial charge in [-0.05, 0) is 74.3 Å². The first-order valence-corrected chi connectivity index (χ1v) is 18.3. The van der Waals surface area contributed by atoms with E-state index in [-0.39, 0.29) is 47.2 Å². The van der Waals surface area contributed by atoms with Crippen LogP contribution in [0.5, 0.6) is 0 Å². The Morgan fingerprint density at radius 3 is 2.10 bits per heavy atom. The number of nitrogens with one attached hydrogen (secondary N) is 3. The van der Waals surface area contributed by atoms with Gasteiger partial charge in [0.15, 0.2) is 0 Å². The van der Waals surface area contributed by atoms with Gasteiger partial charge in [0.2, 0.25) is 12.2 Å². The van der Waals surface area contributed by atoms with Gasteiger partial charge in [0.05, 0.1) is 11.6 Å². The number of hydrogen-bond donors (Lipinski definition) is 4. The molecule has 3 amide bonds. The van der Waals surface area contributed by atoms with Gasteiger partial charge in [-0.3, -0.25) is 19.1 Å². The number of nitrogens with two attached hydrogens (primary N) is 1. The van der Waals surface area contributed by atoms with Crippen LogP contribution in [0.1, 0.15) is 138 Å². The van der Waals surface area contributed by atoms with Crippen LogP contribution >= 0.6 is 0 Å². The first-order valence-electron chi connectivity index (χ1n) is 18.3.